The summed E-state index contributed by atoms with van der Waals surface area (Å²) in [5.74, 6) is -0.897. The highest BCUT2D eigenvalue weighted by Gasteiger charge is 2.25. The molecule has 2 aromatic rings. The van der Waals surface area contributed by atoms with E-state index >= 15 is 0 Å². The molecule has 0 radical (unpaired) electrons. The fraction of sp³-hybridized carbons (Fsp3) is 0.375. The predicted octanol–water partition coefficient (Wildman–Crippen LogP) is 2.53. The van der Waals surface area contributed by atoms with Gasteiger partial charge in [0.1, 0.15) is 0 Å². The number of pyridine rings is 1. The summed E-state index contributed by atoms with van der Waals surface area (Å²) in [6.07, 6.45) is 3.58. The molecule has 1 aliphatic heterocycles. The van der Waals surface area contributed by atoms with Gasteiger partial charge in [-0.25, -0.2) is 0 Å². The van der Waals surface area contributed by atoms with Crippen LogP contribution in [0.4, 0.5) is 0 Å². The molecule has 4 nitrogen and oxygen atoms in total. The third-order valence-electron chi connectivity index (χ3n) is 3.99. The normalized spacial score (nSPS) is 20.1. The number of likely N-dealkylation sites (tertiary alicyclic amines) is 1. The van der Waals surface area contributed by atoms with Crippen molar-refractivity contribution in [1.29, 1.82) is 0 Å². The summed E-state index contributed by atoms with van der Waals surface area (Å²) in [6.45, 7) is 2.42. The molecule has 0 spiro atoms. The van der Waals surface area contributed by atoms with Crippen LogP contribution in [0.1, 0.15) is 18.4 Å². The van der Waals surface area contributed by atoms with E-state index in [1.54, 1.807) is 0 Å². The number of hydrogen-bond donors (Lipinski definition) is 1. The fourth-order valence-electron chi connectivity index (χ4n) is 2.93. The average Bonchev–Trinajstić information content (AvgIpc) is 2.48. The molecule has 1 atom stereocenters. The lowest BCUT2D eigenvalue weighted by atomic mass is 9.97. The number of nitrogens with zero attached hydrogens (tertiary/aromatic N) is 2. The first-order valence-corrected chi connectivity index (χ1v) is 7.02. The van der Waals surface area contributed by atoms with E-state index in [2.05, 4.69) is 16.0 Å². The number of aromatic nitrogens is 1. The number of fused-ring (bicyclic) bond motifs is 1. The van der Waals surface area contributed by atoms with Gasteiger partial charge in [0.2, 0.25) is 0 Å². The number of hydrogen-bond acceptors (Lipinski definition) is 3. The van der Waals surface area contributed by atoms with Crippen LogP contribution in [0.5, 0.6) is 0 Å². The van der Waals surface area contributed by atoms with Crippen molar-refractivity contribution in [2.24, 2.45) is 5.92 Å². The van der Waals surface area contributed by atoms with Crippen LogP contribution in [0, 0.1) is 5.92 Å². The quantitative estimate of drug-likeness (QED) is 0.931. The van der Waals surface area contributed by atoms with Crippen molar-refractivity contribution in [3.05, 3.63) is 42.1 Å². The second-order valence-electron chi connectivity index (χ2n) is 5.40. The molecule has 1 saturated heterocycles. The van der Waals surface area contributed by atoms with Crippen molar-refractivity contribution in [1.82, 2.24) is 9.88 Å². The molecule has 1 N–H and O–H groups in total. The molecular formula is C16H18N2O2. The molecule has 0 aliphatic carbocycles. The molecule has 0 bridgehead atoms. The first kappa shape index (κ1) is 13.1. The van der Waals surface area contributed by atoms with Gasteiger partial charge in [0, 0.05) is 24.7 Å². The van der Waals surface area contributed by atoms with Crippen LogP contribution in [0.3, 0.4) is 0 Å². The molecule has 1 fully saturated rings. The van der Waals surface area contributed by atoms with Crippen LogP contribution in [0.15, 0.2) is 36.5 Å². The molecule has 1 aliphatic rings. The van der Waals surface area contributed by atoms with Gasteiger partial charge in [0.25, 0.3) is 0 Å². The summed E-state index contributed by atoms with van der Waals surface area (Å²) in [5, 5.41) is 10.3. The SMILES string of the molecule is O=C(O)C1CCCN(Cc2ccnc3ccccc23)C1. The van der Waals surface area contributed by atoms with E-state index in [9.17, 15) is 4.79 Å². The van der Waals surface area contributed by atoms with E-state index in [0.29, 0.717) is 6.54 Å². The summed E-state index contributed by atoms with van der Waals surface area (Å²) >= 11 is 0. The Morgan fingerprint density at radius 2 is 2.20 bits per heavy atom. The molecule has 0 saturated carbocycles. The Balaban J connectivity index is 1.81. The van der Waals surface area contributed by atoms with Crippen LogP contribution < -0.4 is 0 Å². The van der Waals surface area contributed by atoms with Crippen molar-refractivity contribution < 1.29 is 9.90 Å². The molecule has 1 aromatic heterocycles. The largest absolute Gasteiger partial charge is 0.481 e. The maximum Gasteiger partial charge on any atom is 0.307 e. The summed E-state index contributed by atoms with van der Waals surface area (Å²) in [6, 6.07) is 10.1. The number of carboxylic acid groups (broad SMARTS) is 1. The van der Waals surface area contributed by atoms with Crippen molar-refractivity contribution >= 4 is 16.9 Å². The number of carboxylic acids is 1. The van der Waals surface area contributed by atoms with Crippen molar-refractivity contribution in [2.45, 2.75) is 19.4 Å². The Labute approximate surface area is 118 Å². The van der Waals surface area contributed by atoms with Crippen LogP contribution in [-0.2, 0) is 11.3 Å². The second-order valence-corrected chi connectivity index (χ2v) is 5.40. The Morgan fingerprint density at radius 3 is 3.05 bits per heavy atom. The van der Waals surface area contributed by atoms with Gasteiger partial charge >= 0.3 is 5.97 Å². The molecular weight excluding hydrogens is 252 g/mol. The van der Waals surface area contributed by atoms with Crippen LogP contribution in [-0.4, -0.2) is 34.0 Å². The zero-order valence-electron chi connectivity index (χ0n) is 11.3. The minimum atomic E-state index is -0.672. The van der Waals surface area contributed by atoms with E-state index in [4.69, 9.17) is 5.11 Å². The number of carbonyl (C=O) groups is 1. The molecule has 1 unspecified atom stereocenters. The summed E-state index contributed by atoms with van der Waals surface area (Å²) in [7, 11) is 0. The zero-order chi connectivity index (χ0) is 13.9. The highest BCUT2D eigenvalue weighted by Crippen LogP contribution is 2.22. The standard InChI is InChI=1S/C16H18N2O2/c19-16(20)13-4-3-9-18(11-13)10-12-7-8-17-15-6-2-1-5-14(12)15/h1-2,5-8,13H,3-4,9-11H2,(H,19,20). The molecule has 104 valence electrons. The van der Waals surface area contributed by atoms with E-state index in [1.165, 1.54) is 5.56 Å². The minimum absolute atomic E-state index is 0.225. The number of piperidine rings is 1. The minimum Gasteiger partial charge on any atom is -0.481 e. The Bertz CT molecular complexity index is 621. The predicted molar refractivity (Wildman–Crippen MR) is 77.4 cm³/mol. The molecule has 1 aromatic carbocycles. The van der Waals surface area contributed by atoms with Gasteiger partial charge in [-0.15, -0.1) is 0 Å². The van der Waals surface area contributed by atoms with Crippen molar-refractivity contribution in [3.63, 3.8) is 0 Å². The number of aliphatic carboxylic acids is 1. The molecule has 20 heavy (non-hydrogen) atoms. The molecule has 2 heterocycles. The van der Waals surface area contributed by atoms with E-state index < -0.39 is 5.97 Å². The highest BCUT2D eigenvalue weighted by molar-refractivity contribution is 5.81. The summed E-state index contributed by atoms with van der Waals surface area (Å²) < 4.78 is 0. The first-order valence-electron chi connectivity index (χ1n) is 7.02. The summed E-state index contributed by atoms with van der Waals surface area (Å²) in [4.78, 5) is 17.7. The fourth-order valence-corrected chi connectivity index (χ4v) is 2.93. The molecule has 3 rings (SSSR count). The maximum absolute atomic E-state index is 11.1. The number of para-hydroxylation sites is 1. The second kappa shape index (κ2) is 5.59. The third kappa shape index (κ3) is 2.65. The third-order valence-corrected chi connectivity index (χ3v) is 3.99. The van der Waals surface area contributed by atoms with Gasteiger partial charge in [-0.2, -0.15) is 0 Å². The smallest absolute Gasteiger partial charge is 0.307 e. The van der Waals surface area contributed by atoms with Gasteiger partial charge in [-0.1, -0.05) is 18.2 Å². The number of rotatable bonds is 3. The Hall–Kier alpha value is -1.94. The van der Waals surface area contributed by atoms with Crippen molar-refractivity contribution in [3.8, 4) is 0 Å². The first-order chi connectivity index (χ1) is 9.74. The summed E-state index contributed by atoms with van der Waals surface area (Å²) in [5.41, 5.74) is 2.22. The topological polar surface area (TPSA) is 53.4 Å². The molecule has 4 heteroatoms. The number of benzene rings is 1. The van der Waals surface area contributed by atoms with Gasteiger partial charge in [-0.3, -0.25) is 14.7 Å². The van der Waals surface area contributed by atoms with E-state index in [-0.39, 0.29) is 5.92 Å². The van der Waals surface area contributed by atoms with Crippen LogP contribution in [0.2, 0.25) is 0 Å². The van der Waals surface area contributed by atoms with Crippen LogP contribution >= 0.6 is 0 Å². The lowest BCUT2D eigenvalue weighted by Gasteiger charge is -2.30. The van der Waals surface area contributed by atoms with Gasteiger partial charge in [-0.05, 0) is 37.1 Å². The zero-order valence-corrected chi connectivity index (χ0v) is 11.3. The Morgan fingerprint density at radius 1 is 1.35 bits per heavy atom. The molecule has 0 amide bonds. The van der Waals surface area contributed by atoms with E-state index in [1.807, 2.05) is 30.5 Å². The van der Waals surface area contributed by atoms with Crippen LogP contribution in [0.25, 0.3) is 10.9 Å². The highest BCUT2D eigenvalue weighted by atomic mass is 16.4. The lowest BCUT2D eigenvalue weighted by molar-refractivity contribution is -0.143. The van der Waals surface area contributed by atoms with Crippen molar-refractivity contribution in [2.75, 3.05) is 13.1 Å². The van der Waals surface area contributed by atoms with Gasteiger partial charge in [0.15, 0.2) is 0 Å². The maximum atomic E-state index is 11.1. The monoisotopic (exact) mass is 270 g/mol. The lowest BCUT2D eigenvalue weighted by Crippen LogP contribution is -2.38. The van der Waals surface area contributed by atoms with E-state index in [0.717, 1.165) is 36.8 Å². The Kier molecular flexibility index (Phi) is 3.65. The van der Waals surface area contributed by atoms with Gasteiger partial charge < -0.3 is 5.11 Å². The van der Waals surface area contributed by atoms with Gasteiger partial charge in [0.05, 0.1) is 11.4 Å². The average molecular weight is 270 g/mol.